The Bertz CT molecular complexity index is 1110. The van der Waals surface area contributed by atoms with Gasteiger partial charge in [-0.2, -0.15) is 0 Å². The summed E-state index contributed by atoms with van der Waals surface area (Å²) in [5.41, 5.74) is 2.16. The number of benzene rings is 1. The molecule has 5 rings (SSSR count). The van der Waals surface area contributed by atoms with E-state index in [1.54, 1.807) is 13.3 Å². The van der Waals surface area contributed by atoms with Crippen molar-refractivity contribution in [1.82, 2.24) is 14.9 Å². The molecule has 7 nitrogen and oxygen atoms in total. The Kier molecular flexibility index (Phi) is 6.39. The summed E-state index contributed by atoms with van der Waals surface area (Å²) in [5, 5.41) is 4.68. The van der Waals surface area contributed by atoms with Crippen molar-refractivity contribution in [2.24, 2.45) is 0 Å². The Balaban J connectivity index is 1.15. The maximum Gasteiger partial charge on any atom is 0.248 e. The van der Waals surface area contributed by atoms with Gasteiger partial charge in [-0.25, -0.2) is 9.97 Å². The summed E-state index contributed by atoms with van der Waals surface area (Å²) in [5.74, 6) is 2.07. The number of hydrogen-bond donors (Lipinski definition) is 1. The monoisotopic (exact) mass is 446 g/mol. The van der Waals surface area contributed by atoms with Gasteiger partial charge in [0.05, 0.1) is 5.52 Å². The summed E-state index contributed by atoms with van der Waals surface area (Å²) in [6.45, 7) is 1.64. The Morgan fingerprint density at radius 3 is 2.73 bits per heavy atom. The number of rotatable bonds is 7. The fourth-order valence-corrected chi connectivity index (χ4v) is 4.76. The van der Waals surface area contributed by atoms with Crippen LogP contribution in [0.15, 0.2) is 54.7 Å². The highest BCUT2D eigenvalue weighted by Gasteiger charge is 2.33. The molecule has 3 heterocycles. The van der Waals surface area contributed by atoms with Crippen molar-refractivity contribution in [1.29, 1.82) is 0 Å². The molecule has 1 amide bonds. The van der Waals surface area contributed by atoms with E-state index >= 15 is 0 Å². The third kappa shape index (κ3) is 4.93. The molecule has 0 bridgehead atoms. The van der Waals surface area contributed by atoms with Crippen LogP contribution >= 0.6 is 0 Å². The van der Waals surface area contributed by atoms with Gasteiger partial charge in [0.25, 0.3) is 0 Å². The second-order valence-electron chi connectivity index (χ2n) is 8.93. The lowest BCUT2D eigenvalue weighted by Gasteiger charge is -2.37. The van der Waals surface area contributed by atoms with Crippen LogP contribution in [0, 0.1) is 0 Å². The maximum atomic E-state index is 12.1. The van der Waals surface area contributed by atoms with Crippen molar-refractivity contribution in [3.05, 3.63) is 60.3 Å². The molecule has 1 saturated heterocycles. The number of carbonyl (C=O) groups is 1. The van der Waals surface area contributed by atoms with E-state index in [2.05, 4.69) is 28.5 Å². The Morgan fingerprint density at radius 1 is 1.09 bits per heavy atom. The number of ether oxygens (including phenoxy) is 2. The van der Waals surface area contributed by atoms with Crippen LogP contribution in [-0.4, -0.2) is 59.7 Å². The molecule has 7 heteroatoms. The number of nitrogens with one attached hydrogen (secondary N) is 1. The smallest absolute Gasteiger partial charge is 0.248 e. The minimum absolute atomic E-state index is 0.0625. The highest BCUT2D eigenvalue weighted by Crippen LogP contribution is 2.36. The quantitative estimate of drug-likeness (QED) is 0.591. The molecule has 3 aromatic rings. The lowest BCUT2D eigenvalue weighted by Crippen LogP contribution is -2.43. The normalized spacial score (nSPS) is 20.9. The van der Waals surface area contributed by atoms with Crippen LogP contribution < -0.4 is 10.1 Å². The van der Waals surface area contributed by atoms with Crippen LogP contribution in [0.3, 0.4) is 0 Å². The third-order valence-corrected chi connectivity index (χ3v) is 6.68. The molecular weight excluding hydrogens is 416 g/mol. The predicted molar refractivity (Wildman–Crippen MR) is 127 cm³/mol. The number of nitrogens with zero attached hydrogens (tertiary/aromatic N) is 3. The van der Waals surface area contributed by atoms with E-state index in [4.69, 9.17) is 14.5 Å². The molecule has 1 aliphatic heterocycles. The maximum absolute atomic E-state index is 12.1. The summed E-state index contributed by atoms with van der Waals surface area (Å²) in [6.07, 6.45) is 5.63. The number of hydrogen-bond acceptors (Lipinski definition) is 6. The minimum atomic E-state index is 0.0625. The number of anilines is 1. The molecular formula is C26H30N4O3. The van der Waals surface area contributed by atoms with Crippen LogP contribution in [0.4, 0.5) is 5.82 Å². The molecule has 1 aromatic carbocycles. The van der Waals surface area contributed by atoms with Crippen molar-refractivity contribution < 1.29 is 14.3 Å². The molecule has 0 radical (unpaired) electrons. The average Bonchev–Trinajstić information content (AvgIpc) is 2.83. The number of fused-ring (bicyclic) bond motifs is 1. The topological polar surface area (TPSA) is 76.6 Å². The number of amides is 1. The van der Waals surface area contributed by atoms with E-state index in [1.807, 2.05) is 35.2 Å². The molecule has 2 aliphatic rings. The minimum Gasteiger partial charge on any atom is -0.474 e. The van der Waals surface area contributed by atoms with Gasteiger partial charge >= 0.3 is 0 Å². The lowest BCUT2D eigenvalue weighted by atomic mass is 9.88. The first-order valence-electron chi connectivity index (χ1n) is 11.7. The van der Waals surface area contributed by atoms with Gasteiger partial charge in [0.1, 0.15) is 18.5 Å². The van der Waals surface area contributed by atoms with Crippen molar-refractivity contribution >= 4 is 22.6 Å². The Hall–Kier alpha value is -3.19. The molecule has 1 saturated carbocycles. The molecule has 0 spiro atoms. The summed E-state index contributed by atoms with van der Waals surface area (Å²) < 4.78 is 11.3. The third-order valence-electron chi connectivity index (χ3n) is 6.68. The van der Waals surface area contributed by atoms with Gasteiger partial charge in [-0.3, -0.25) is 4.79 Å². The van der Waals surface area contributed by atoms with E-state index < -0.39 is 0 Å². The second-order valence-corrected chi connectivity index (χ2v) is 8.93. The Morgan fingerprint density at radius 2 is 1.91 bits per heavy atom. The SMILES string of the molecule is COCC(=O)N1CCC(c2cccnc2O[C@H]2C[C@H](Nc3ccc4ccccc4n3)C2)CC1. The van der Waals surface area contributed by atoms with Crippen molar-refractivity contribution in [2.45, 2.75) is 43.7 Å². The molecule has 2 fully saturated rings. The standard InChI is InChI=1S/C26H30N4O3/c1-32-17-25(31)30-13-10-18(11-14-30)22-6-4-12-27-26(22)33-21-15-20(16-21)28-24-9-8-19-5-2-3-7-23(19)29-24/h2-9,12,18,20-21H,10-11,13-17H2,1H3,(H,28,29)/t20-,21-. The molecule has 172 valence electrons. The van der Waals surface area contributed by atoms with Crippen molar-refractivity contribution in [3.8, 4) is 5.88 Å². The zero-order chi connectivity index (χ0) is 22.6. The molecule has 1 N–H and O–H groups in total. The first-order valence-corrected chi connectivity index (χ1v) is 11.7. The predicted octanol–water partition coefficient (Wildman–Crippen LogP) is 4.00. The zero-order valence-corrected chi connectivity index (χ0v) is 18.9. The number of para-hydroxylation sites is 1. The number of aromatic nitrogens is 2. The Labute approximate surface area is 194 Å². The summed E-state index contributed by atoms with van der Waals surface area (Å²) in [4.78, 5) is 23.2. The summed E-state index contributed by atoms with van der Waals surface area (Å²) in [7, 11) is 1.56. The van der Waals surface area contributed by atoms with Crippen LogP contribution in [0.2, 0.25) is 0 Å². The van der Waals surface area contributed by atoms with Gasteiger partial charge in [-0.15, -0.1) is 0 Å². The molecule has 0 unspecified atom stereocenters. The molecule has 2 aromatic heterocycles. The van der Waals surface area contributed by atoms with Crippen molar-refractivity contribution in [3.63, 3.8) is 0 Å². The fourth-order valence-electron chi connectivity index (χ4n) is 4.76. The van der Waals surface area contributed by atoms with Crippen molar-refractivity contribution in [2.75, 3.05) is 32.1 Å². The first-order chi connectivity index (χ1) is 16.2. The summed E-state index contributed by atoms with van der Waals surface area (Å²) in [6, 6.07) is 16.7. The van der Waals surface area contributed by atoms with E-state index in [0.29, 0.717) is 12.0 Å². The fraction of sp³-hybridized carbons (Fsp3) is 0.423. The number of methoxy groups -OCH3 is 1. The van der Waals surface area contributed by atoms with Crippen LogP contribution in [-0.2, 0) is 9.53 Å². The number of likely N-dealkylation sites (tertiary alicyclic amines) is 1. The van der Waals surface area contributed by atoms with E-state index in [-0.39, 0.29) is 18.6 Å². The van der Waals surface area contributed by atoms with Crippen LogP contribution in [0.5, 0.6) is 5.88 Å². The first kappa shape index (κ1) is 21.6. The number of carbonyl (C=O) groups excluding carboxylic acids is 1. The highest BCUT2D eigenvalue weighted by molar-refractivity contribution is 5.80. The van der Waals surface area contributed by atoms with E-state index in [1.165, 1.54) is 0 Å². The average molecular weight is 447 g/mol. The van der Waals surface area contributed by atoms with Gasteiger partial charge < -0.3 is 19.7 Å². The highest BCUT2D eigenvalue weighted by atomic mass is 16.5. The van der Waals surface area contributed by atoms with Crippen LogP contribution in [0.1, 0.15) is 37.2 Å². The molecule has 33 heavy (non-hydrogen) atoms. The lowest BCUT2D eigenvalue weighted by molar-refractivity contribution is -0.136. The van der Waals surface area contributed by atoms with Gasteiger partial charge in [-0.05, 0) is 43.0 Å². The zero-order valence-electron chi connectivity index (χ0n) is 18.9. The number of pyridine rings is 2. The van der Waals surface area contributed by atoms with Gasteiger partial charge in [0, 0.05) is 56.2 Å². The summed E-state index contributed by atoms with van der Waals surface area (Å²) >= 11 is 0. The second kappa shape index (κ2) is 9.75. The van der Waals surface area contributed by atoms with Gasteiger partial charge in [0.15, 0.2) is 0 Å². The van der Waals surface area contributed by atoms with E-state index in [0.717, 1.165) is 66.9 Å². The molecule has 1 aliphatic carbocycles. The van der Waals surface area contributed by atoms with Crippen LogP contribution in [0.25, 0.3) is 10.9 Å². The van der Waals surface area contributed by atoms with Gasteiger partial charge in [-0.1, -0.05) is 24.3 Å². The largest absolute Gasteiger partial charge is 0.474 e. The molecule has 0 atom stereocenters. The number of piperidine rings is 1. The van der Waals surface area contributed by atoms with E-state index in [9.17, 15) is 4.79 Å². The van der Waals surface area contributed by atoms with Gasteiger partial charge in [0.2, 0.25) is 11.8 Å².